The molecule has 0 radical (unpaired) electrons. The Balaban J connectivity index is 1.79. The molecule has 3 aliphatic rings. The first-order valence-corrected chi connectivity index (χ1v) is 10.5. The molecule has 158 valence electrons. The van der Waals surface area contributed by atoms with Gasteiger partial charge in [-0.2, -0.15) is 0 Å². The molecule has 1 saturated carbocycles. The van der Waals surface area contributed by atoms with E-state index in [2.05, 4.69) is 0 Å². The maximum absolute atomic E-state index is 13.4. The van der Waals surface area contributed by atoms with Gasteiger partial charge in [0.1, 0.15) is 23.2 Å². The number of aromatic nitrogens is 1. The van der Waals surface area contributed by atoms with Gasteiger partial charge in [-0.05, 0) is 31.9 Å². The van der Waals surface area contributed by atoms with Gasteiger partial charge in [0, 0.05) is 29.2 Å². The van der Waals surface area contributed by atoms with Gasteiger partial charge in [-0.15, -0.1) is 0 Å². The number of carbonyl (C=O) groups excluding carboxylic acids is 1. The van der Waals surface area contributed by atoms with Crippen molar-refractivity contribution in [2.24, 2.45) is 5.92 Å². The van der Waals surface area contributed by atoms with E-state index < -0.39 is 5.97 Å². The van der Waals surface area contributed by atoms with Gasteiger partial charge >= 0.3 is 5.97 Å². The molecule has 2 aromatic rings. The molecule has 1 aliphatic carbocycles. The molecule has 0 spiro atoms. The normalized spacial score (nSPS) is 19.9. The Morgan fingerprint density at radius 2 is 2.03 bits per heavy atom. The fraction of sp³-hybridized carbons (Fsp3) is 0.455. The lowest BCUT2D eigenvalue weighted by molar-refractivity contribution is -0.0852. The molecule has 1 saturated heterocycles. The SMILES string of the molecule is CCOC(=O)c1cc2c(n(C3CC3)c1=O)-c1cc(Cl)c(OC)cc1OC2C1COC1. The van der Waals surface area contributed by atoms with Crippen molar-refractivity contribution in [3.05, 3.63) is 44.7 Å². The Bertz CT molecular complexity index is 1090. The van der Waals surface area contributed by atoms with Crippen LogP contribution in [0.2, 0.25) is 5.02 Å². The van der Waals surface area contributed by atoms with Crippen molar-refractivity contribution >= 4 is 17.6 Å². The molecule has 0 N–H and O–H groups in total. The van der Waals surface area contributed by atoms with Crippen LogP contribution in [0.15, 0.2) is 23.0 Å². The fourth-order valence-electron chi connectivity index (χ4n) is 4.15. The average Bonchev–Trinajstić information content (AvgIpc) is 3.51. The summed E-state index contributed by atoms with van der Waals surface area (Å²) in [6, 6.07) is 5.21. The highest BCUT2D eigenvalue weighted by atomic mass is 35.5. The summed E-state index contributed by atoms with van der Waals surface area (Å²) in [6.45, 7) is 3.04. The molecule has 7 nitrogen and oxygen atoms in total. The van der Waals surface area contributed by atoms with Crippen molar-refractivity contribution < 1.29 is 23.7 Å². The molecule has 30 heavy (non-hydrogen) atoms. The largest absolute Gasteiger partial charge is 0.495 e. The van der Waals surface area contributed by atoms with E-state index in [1.807, 2.05) is 0 Å². The first-order valence-electron chi connectivity index (χ1n) is 10.1. The van der Waals surface area contributed by atoms with Gasteiger partial charge in [0.05, 0.1) is 37.6 Å². The number of ether oxygens (including phenoxy) is 4. The van der Waals surface area contributed by atoms with Crippen molar-refractivity contribution in [1.82, 2.24) is 4.57 Å². The van der Waals surface area contributed by atoms with Crippen LogP contribution in [-0.2, 0) is 9.47 Å². The van der Waals surface area contributed by atoms with Crippen LogP contribution in [0.25, 0.3) is 11.3 Å². The number of nitrogens with zero attached hydrogens (tertiary/aromatic N) is 1. The van der Waals surface area contributed by atoms with E-state index in [4.69, 9.17) is 30.5 Å². The lowest BCUT2D eigenvalue weighted by Crippen LogP contribution is -2.39. The zero-order valence-electron chi connectivity index (χ0n) is 16.8. The summed E-state index contributed by atoms with van der Waals surface area (Å²) in [5.41, 5.74) is 1.99. The van der Waals surface area contributed by atoms with Crippen LogP contribution < -0.4 is 15.0 Å². The van der Waals surface area contributed by atoms with Crippen molar-refractivity contribution in [3.63, 3.8) is 0 Å². The second-order valence-corrected chi connectivity index (χ2v) is 8.21. The molecule has 5 rings (SSSR count). The Labute approximate surface area is 178 Å². The van der Waals surface area contributed by atoms with Gasteiger partial charge in [-0.1, -0.05) is 11.6 Å². The molecule has 8 heteroatoms. The Hall–Kier alpha value is -2.51. The van der Waals surface area contributed by atoms with E-state index in [0.29, 0.717) is 29.7 Å². The summed E-state index contributed by atoms with van der Waals surface area (Å²) >= 11 is 6.41. The fourth-order valence-corrected chi connectivity index (χ4v) is 4.39. The summed E-state index contributed by atoms with van der Waals surface area (Å²) in [5, 5.41) is 0.431. The number of rotatable bonds is 5. The first-order chi connectivity index (χ1) is 14.5. The number of esters is 1. The second kappa shape index (κ2) is 7.32. The topological polar surface area (TPSA) is 76.0 Å². The molecule has 0 bridgehead atoms. The molecule has 1 aromatic carbocycles. The number of pyridine rings is 1. The minimum atomic E-state index is -0.609. The number of halogens is 1. The van der Waals surface area contributed by atoms with Crippen molar-refractivity contribution in [2.75, 3.05) is 26.9 Å². The molecule has 1 unspecified atom stereocenters. The summed E-state index contributed by atoms with van der Waals surface area (Å²) in [5.74, 6) is 0.630. The smallest absolute Gasteiger partial charge is 0.343 e. The average molecular weight is 432 g/mol. The van der Waals surface area contributed by atoms with E-state index in [1.165, 1.54) is 0 Å². The Morgan fingerprint density at radius 1 is 1.27 bits per heavy atom. The van der Waals surface area contributed by atoms with Gasteiger partial charge in [-0.3, -0.25) is 4.79 Å². The second-order valence-electron chi connectivity index (χ2n) is 7.81. The van der Waals surface area contributed by atoms with E-state index in [-0.39, 0.29) is 35.8 Å². The highest BCUT2D eigenvalue weighted by molar-refractivity contribution is 6.32. The van der Waals surface area contributed by atoms with Gasteiger partial charge in [0.25, 0.3) is 5.56 Å². The summed E-state index contributed by atoms with van der Waals surface area (Å²) in [4.78, 5) is 25.9. The van der Waals surface area contributed by atoms with Gasteiger partial charge in [0.2, 0.25) is 0 Å². The number of benzene rings is 1. The molecular formula is C22H22ClNO6. The highest BCUT2D eigenvalue weighted by Gasteiger charge is 2.41. The third-order valence-corrected chi connectivity index (χ3v) is 6.13. The number of methoxy groups -OCH3 is 1. The van der Waals surface area contributed by atoms with Crippen LogP contribution in [0.4, 0.5) is 0 Å². The maximum atomic E-state index is 13.4. The van der Waals surface area contributed by atoms with Crippen LogP contribution in [0.5, 0.6) is 11.5 Å². The number of hydrogen-bond donors (Lipinski definition) is 0. The van der Waals surface area contributed by atoms with E-state index in [1.54, 1.807) is 36.8 Å². The lowest BCUT2D eigenvalue weighted by atomic mass is 9.87. The summed E-state index contributed by atoms with van der Waals surface area (Å²) in [6.07, 6.45) is 1.43. The van der Waals surface area contributed by atoms with Gasteiger partial charge in [0.15, 0.2) is 0 Å². The zero-order valence-corrected chi connectivity index (χ0v) is 17.5. The molecule has 2 aliphatic heterocycles. The third kappa shape index (κ3) is 2.99. The minimum absolute atomic E-state index is 0.0411. The van der Waals surface area contributed by atoms with Crippen LogP contribution in [-0.4, -0.2) is 37.5 Å². The van der Waals surface area contributed by atoms with E-state index in [0.717, 1.165) is 29.7 Å². The quantitative estimate of drug-likeness (QED) is 0.671. The van der Waals surface area contributed by atoms with E-state index in [9.17, 15) is 9.59 Å². The highest BCUT2D eigenvalue weighted by Crippen LogP contribution is 2.51. The standard InChI is InChI=1S/C22H22ClNO6/c1-3-29-22(26)15-6-14-19(24(21(15)25)12-4-5-12)13-7-16(23)18(27-2)8-17(13)30-20(14)11-9-28-10-11/h6-8,11-12,20H,3-5,9-10H2,1-2H3. The maximum Gasteiger partial charge on any atom is 0.343 e. The third-order valence-electron chi connectivity index (χ3n) is 5.83. The van der Waals surface area contributed by atoms with Crippen molar-refractivity contribution in [1.29, 1.82) is 0 Å². The van der Waals surface area contributed by atoms with Crippen LogP contribution in [0.3, 0.4) is 0 Å². The predicted octanol–water partition coefficient (Wildman–Crippen LogP) is 3.77. The molecule has 3 heterocycles. The summed E-state index contributed by atoms with van der Waals surface area (Å²) in [7, 11) is 1.55. The Kier molecular flexibility index (Phi) is 4.75. The van der Waals surface area contributed by atoms with Crippen molar-refractivity contribution in [3.8, 4) is 22.8 Å². The summed E-state index contributed by atoms with van der Waals surface area (Å²) < 4.78 is 24.0. The minimum Gasteiger partial charge on any atom is -0.495 e. The molecular weight excluding hydrogens is 410 g/mol. The first kappa shape index (κ1) is 19.5. The number of hydrogen-bond acceptors (Lipinski definition) is 6. The predicted molar refractivity (Wildman–Crippen MR) is 110 cm³/mol. The monoisotopic (exact) mass is 431 g/mol. The zero-order chi connectivity index (χ0) is 21.0. The van der Waals surface area contributed by atoms with E-state index >= 15 is 0 Å². The van der Waals surface area contributed by atoms with Crippen LogP contribution >= 0.6 is 11.6 Å². The molecule has 1 atom stereocenters. The van der Waals surface area contributed by atoms with Gasteiger partial charge in [-0.25, -0.2) is 4.79 Å². The van der Waals surface area contributed by atoms with Crippen LogP contribution in [0, 0.1) is 5.92 Å². The van der Waals surface area contributed by atoms with Gasteiger partial charge < -0.3 is 23.5 Å². The molecule has 1 aromatic heterocycles. The molecule has 0 amide bonds. The number of carbonyl (C=O) groups is 1. The Morgan fingerprint density at radius 3 is 2.63 bits per heavy atom. The number of fused-ring (bicyclic) bond motifs is 3. The molecule has 2 fully saturated rings. The van der Waals surface area contributed by atoms with Crippen molar-refractivity contribution in [2.45, 2.75) is 31.9 Å². The van der Waals surface area contributed by atoms with Crippen LogP contribution in [0.1, 0.15) is 47.8 Å². The lowest BCUT2D eigenvalue weighted by Gasteiger charge is -2.39.